The second-order valence-electron chi connectivity index (χ2n) is 4.10. The van der Waals surface area contributed by atoms with Crippen molar-refractivity contribution in [3.8, 4) is 0 Å². The van der Waals surface area contributed by atoms with E-state index in [-0.39, 0.29) is 10.8 Å². The molecular weight excluding hydrogens is 278 g/mol. The molecule has 1 amide bonds. The summed E-state index contributed by atoms with van der Waals surface area (Å²) in [5.41, 5.74) is 5.49. The predicted molar refractivity (Wildman–Crippen MR) is 65.8 cm³/mol. The van der Waals surface area contributed by atoms with Gasteiger partial charge in [-0.1, -0.05) is 11.3 Å². The van der Waals surface area contributed by atoms with Crippen LogP contribution >= 0.6 is 11.3 Å². The van der Waals surface area contributed by atoms with Gasteiger partial charge in [0.05, 0.1) is 0 Å². The van der Waals surface area contributed by atoms with Gasteiger partial charge in [0, 0.05) is 12.2 Å². The van der Waals surface area contributed by atoms with E-state index >= 15 is 0 Å². The van der Waals surface area contributed by atoms with E-state index in [0.717, 1.165) is 4.31 Å². The number of hydrogen-bond acceptors (Lipinski definition) is 5. The SMILES string of the molecule is Cc1[nH]c(=O)sc1S(=O)(=O)N1CCCC1C(N)=O. The molecule has 2 heterocycles. The van der Waals surface area contributed by atoms with Crippen LogP contribution in [-0.4, -0.2) is 36.2 Å². The minimum atomic E-state index is -3.82. The molecule has 100 valence electrons. The Labute approximate surface area is 108 Å². The normalized spacial score (nSPS) is 21.3. The number of aromatic nitrogens is 1. The van der Waals surface area contributed by atoms with Crippen LogP contribution < -0.4 is 10.6 Å². The summed E-state index contributed by atoms with van der Waals surface area (Å²) in [6.45, 7) is 1.77. The lowest BCUT2D eigenvalue weighted by Crippen LogP contribution is -2.43. The van der Waals surface area contributed by atoms with Crippen LogP contribution in [0.15, 0.2) is 9.00 Å². The first-order chi connectivity index (χ1) is 8.34. The first-order valence-corrected chi connectivity index (χ1v) is 7.60. The van der Waals surface area contributed by atoms with Gasteiger partial charge in [0.15, 0.2) is 4.21 Å². The Bertz CT molecular complexity index is 630. The van der Waals surface area contributed by atoms with Gasteiger partial charge in [0.25, 0.3) is 10.0 Å². The number of amides is 1. The molecule has 1 saturated heterocycles. The number of rotatable bonds is 3. The number of primary amides is 1. The molecule has 1 unspecified atom stereocenters. The highest BCUT2D eigenvalue weighted by molar-refractivity contribution is 7.91. The van der Waals surface area contributed by atoms with Crippen molar-refractivity contribution < 1.29 is 13.2 Å². The van der Waals surface area contributed by atoms with Gasteiger partial charge in [-0.25, -0.2) is 8.42 Å². The van der Waals surface area contributed by atoms with Crippen LogP contribution in [0.2, 0.25) is 0 Å². The summed E-state index contributed by atoms with van der Waals surface area (Å²) in [5, 5.41) is 0. The molecule has 1 fully saturated rings. The van der Waals surface area contributed by atoms with Crippen molar-refractivity contribution in [2.75, 3.05) is 6.54 Å². The molecule has 18 heavy (non-hydrogen) atoms. The monoisotopic (exact) mass is 291 g/mol. The van der Waals surface area contributed by atoms with Gasteiger partial charge in [0.2, 0.25) is 5.91 Å². The molecule has 9 heteroatoms. The largest absolute Gasteiger partial charge is 0.368 e. The smallest absolute Gasteiger partial charge is 0.305 e. The van der Waals surface area contributed by atoms with Crippen LogP contribution in [0.3, 0.4) is 0 Å². The fraction of sp³-hybridized carbons (Fsp3) is 0.556. The lowest BCUT2D eigenvalue weighted by Gasteiger charge is -2.20. The molecule has 1 aromatic rings. The Morgan fingerprint density at radius 3 is 2.72 bits per heavy atom. The van der Waals surface area contributed by atoms with Crippen LogP contribution in [0.4, 0.5) is 0 Å². The number of nitrogens with two attached hydrogens (primary N) is 1. The highest BCUT2D eigenvalue weighted by Gasteiger charge is 2.40. The minimum absolute atomic E-state index is 0.0411. The molecule has 1 aliphatic heterocycles. The lowest BCUT2D eigenvalue weighted by atomic mass is 10.2. The van der Waals surface area contributed by atoms with E-state index in [2.05, 4.69) is 4.98 Å². The molecule has 1 aromatic heterocycles. The van der Waals surface area contributed by atoms with Crippen molar-refractivity contribution in [3.63, 3.8) is 0 Å². The highest BCUT2D eigenvalue weighted by atomic mass is 32.2. The number of carbonyl (C=O) groups excluding carboxylic acids is 1. The third-order valence-corrected chi connectivity index (χ3v) is 6.35. The molecule has 0 radical (unpaired) electrons. The van der Waals surface area contributed by atoms with E-state index in [0.29, 0.717) is 29.9 Å². The van der Waals surface area contributed by atoms with E-state index in [1.165, 1.54) is 6.92 Å². The molecule has 7 nitrogen and oxygen atoms in total. The second-order valence-corrected chi connectivity index (χ2v) is 7.17. The number of thiazole rings is 1. The van der Waals surface area contributed by atoms with Crippen LogP contribution in [0.25, 0.3) is 0 Å². The number of aryl methyl sites for hydroxylation is 1. The molecular formula is C9H13N3O4S2. The molecule has 1 aliphatic rings. The van der Waals surface area contributed by atoms with Crippen molar-refractivity contribution >= 4 is 27.3 Å². The zero-order valence-electron chi connectivity index (χ0n) is 9.67. The summed E-state index contributed by atoms with van der Waals surface area (Å²) >= 11 is 0.629. The quantitative estimate of drug-likeness (QED) is 0.772. The van der Waals surface area contributed by atoms with Gasteiger partial charge in [-0.3, -0.25) is 9.59 Å². The van der Waals surface area contributed by atoms with Crippen molar-refractivity contribution in [2.24, 2.45) is 5.73 Å². The average Bonchev–Trinajstić information content (AvgIpc) is 2.84. The highest BCUT2D eigenvalue weighted by Crippen LogP contribution is 2.28. The van der Waals surface area contributed by atoms with Crippen molar-refractivity contribution in [1.82, 2.24) is 9.29 Å². The number of hydrogen-bond donors (Lipinski definition) is 2. The van der Waals surface area contributed by atoms with Gasteiger partial charge >= 0.3 is 4.87 Å². The predicted octanol–water partition coefficient (Wildman–Crippen LogP) is -0.617. The molecule has 0 bridgehead atoms. The summed E-state index contributed by atoms with van der Waals surface area (Å²) in [4.78, 5) is 24.4. The van der Waals surface area contributed by atoms with Crippen molar-refractivity contribution in [3.05, 3.63) is 15.4 Å². The summed E-state index contributed by atoms with van der Waals surface area (Å²) in [6.07, 6.45) is 1.01. The van der Waals surface area contributed by atoms with Gasteiger partial charge in [-0.15, -0.1) is 0 Å². The first-order valence-electron chi connectivity index (χ1n) is 5.35. The second kappa shape index (κ2) is 4.48. The van der Waals surface area contributed by atoms with E-state index in [1.54, 1.807) is 0 Å². The number of sulfonamides is 1. The van der Waals surface area contributed by atoms with E-state index in [4.69, 9.17) is 5.73 Å². The maximum absolute atomic E-state index is 12.4. The summed E-state index contributed by atoms with van der Waals surface area (Å²) in [6, 6.07) is -0.813. The molecule has 2 rings (SSSR count). The topological polar surface area (TPSA) is 113 Å². The Morgan fingerprint density at radius 2 is 2.22 bits per heavy atom. The third kappa shape index (κ3) is 2.08. The Hall–Kier alpha value is -1.19. The van der Waals surface area contributed by atoms with Crippen LogP contribution in [0, 0.1) is 6.92 Å². The zero-order chi connectivity index (χ0) is 13.5. The van der Waals surface area contributed by atoms with E-state index in [9.17, 15) is 18.0 Å². The van der Waals surface area contributed by atoms with Gasteiger partial charge < -0.3 is 10.7 Å². The maximum atomic E-state index is 12.4. The zero-order valence-corrected chi connectivity index (χ0v) is 11.3. The molecule has 1 atom stereocenters. The molecule has 0 aromatic carbocycles. The van der Waals surface area contributed by atoms with Gasteiger partial charge in [-0.2, -0.15) is 4.31 Å². The molecule has 3 N–H and O–H groups in total. The fourth-order valence-corrected chi connectivity index (χ4v) is 5.13. The van der Waals surface area contributed by atoms with Crippen LogP contribution in [0.5, 0.6) is 0 Å². The number of nitrogens with zero attached hydrogens (tertiary/aromatic N) is 1. The minimum Gasteiger partial charge on any atom is -0.368 e. The fourth-order valence-electron chi connectivity index (χ4n) is 2.06. The van der Waals surface area contributed by atoms with Crippen LogP contribution in [0.1, 0.15) is 18.5 Å². The van der Waals surface area contributed by atoms with Crippen molar-refractivity contribution in [2.45, 2.75) is 30.0 Å². The number of nitrogens with one attached hydrogen (secondary N) is 1. The number of carbonyl (C=O) groups is 1. The Morgan fingerprint density at radius 1 is 1.56 bits per heavy atom. The summed E-state index contributed by atoms with van der Waals surface area (Å²) in [5.74, 6) is -0.656. The van der Waals surface area contributed by atoms with Crippen LogP contribution in [-0.2, 0) is 14.8 Å². The summed E-state index contributed by atoms with van der Waals surface area (Å²) < 4.78 is 25.7. The van der Waals surface area contributed by atoms with Gasteiger partial charge in [-0.05, 0) is 19.8 Å². The number of aromatic amines is 1. The van der Waals surface area contributed by atoms with E-state index in [1.807, 2.05) is 0 Å². The lowest BCUT2D eigenvalue weighted by molar-refractivity contribution is -0.121. The van der Waals surface area contributed by atoms with Crippen molar-refractivity contribution in [1.29, 1.82) is 0 Å². The Kier molecular flexibility index (Phi) is 3.30. The Balaban J connectivity index is 2.46. The number of H-pyrrole nitrogens is 1. The maximum Gasteiger partial charge on any atom is 0.305 e. The standard InChI is InChI=1S/C9H13N3O4S2/c1-5-8(17-9(14)11-5)18(15,16)12-4-2-3-6(12)7(10)13/h6H,2-4H2,1H3,(H2,10,13)(H,11,14). The molecule has 0 saturated carbocycles. The molecule has 0 aliphatic carbocycles. The summed E-state index contributed by atoms with van der Waals surface area (Å²) in [7, 11) is -3.82. The first kappa shape index (κ1) is 13.2. The molecule has 0 spiro atoms. The average molecular weight is 291 g/mol. The third-order valence-electron chi connectivity index (χ3n) is 2.86. The van der Waals surface area contributed by atoms with E-state index < -0.39 is 26.8 Å². The van der Waals surface area contributed by atoms with Gasteiger partial charge in [0.1, 0.15) is 6.04 Å².